The fraction of sp³-hybridized carbons (Fsp3) is 0.500. The fourth-order valence-corrected chi connectivity index (χ4v) is 2.95. The maximum Gasteiger partial charge on any atom is 0.238 e. The number of nitrogens with zero attached hydrogens (tertiary/aromatic N) is 1. The van der Waals surface area contributed by atoms with Crippen LogP contribution in [0, 0.1) is 3.57 Å². The van der Waals surface area contributed by atoms with Gasteiger partial charge in [0.2, 0.25) is 5.91 Å². The Labute approximate surface area is 127 Å². The minimum atomic E-state index is 0.0476. The Bertz CT molecular complexity index is 452. The summed E-state index contributed by atoms with van der Waals surface area (Å²) in [4.78, 5) is 14.3. The Morgan fingerprint density at radius 1 is 1.53 bits per heavy atom. The third kappa shape index (κ3) is 4.15. The maximum atomic E-state index is 12.1. The number of carbonyl (C=O) groups is 1. The molecule has 0 saturated carbocycles. The highest BCUT2D eigenvalue weighted by molar-refractivity contribution is 14.1. The molecule has 1 heterocycles. The zero-order chi connectivity index (χ0) is 13.8. The maximum absolute atomic E-state index is 12.1. The van der Waals surface area contributed by atoms with Crippen molar-refractivity contribution >= 4 is 34.2 Å². The van der Waals surface area contributed by atoms with Gasteiger partial charge in [-0.3, -0.25) is 9.69 Å². The summed E-state index contributed by atoms with van der Waals surface area (Å²) in [5.41, 5.74) is 6.82. The number of nitrogens with one attached hydrogen (secondary N) is 1. The van der Waals surface area contributed by atoms with Crippen molar-refractivity contribution in [3.63, 3.8) is 0 Å². The topological polar surface area (TPSA) is 58.4 Å². The average Bonchev–Trinajstić information content (AvgIpc) is 2.36. The molecular formula is C14H20IN3O. The number of piperidine rings is 1. The van der Waals surface area contributed by atoms with Crippen LogP contribution in [0.25, 0.3) is 0 Å². The number of benzene rings is 1. The zero-order valence-corrected chi connectivity index (χ0v) is 13.3. The second-order valence-corrected chi connectivity index (χ2v) is 6.29. The smallest absolute Gasteiger partial charge is 0.238 e. The third-order valence-electron chi connectivity index (χ3n) is 3.55. The SMILES string of the molecule is CC1CC(N)CCN1CC(=O)Nc1ccccc1I. The van der Waals surface area contributed by atoms with Crippen LogP contribution in [0.5, 0.6) is 0 Å². The molecule has 4 nitrogen and oxygen atoms in total. The Hall–Kier alpha value is -0.660. The first-order chi connectivity index (χ1) is 9.06. The molecule has 0 aliphatic carbocycles. The number of likely N-dealkylation sites (tertiary alicyclic amines) is 1. The van der Waals surface area contributed by atoms with E-state index in [1.807, 2.05) is 24.3 Å². The van der Waals surface area contributed by atoms with E-state index in [1.54, 1.807) is 0 Å². The van der Waals surface area contributed by atoms with Gasteiger partial charge in [-0.2, -0.15) is 0 Å². The standard InChI is InChI=1S/C14H20IN3O/c1-10-8-11(16)6-7-18(10)9-14(19)17-13-5-3-2-4-12(13)15/h2-5,10-11H,6-9,16H2,1H3,(H,17,19). The summed E-state index contributed by atoms with van der Waals surface area (Å²) in [6.07, 6.45) is 1.94. The van der Waals surface area contributed by atoms with Gasteiger partial charge in [-0.25, -0.2) is 0 Å². The van der Waals surface area contributed by atoms with Crippen molar-refractivity contribution in [3.05, 3.63) is 27.8 Å². The van der Waals surface area contributed by atoms with Crippen molar-refractivity contribution in [1.82, 2.24) is 4.90 Å². The van der Waals surface area contributed by atoms with Crippen molar-refractivity contribution in [3.8, 4) is 0 Å². The van der Waals surface area contributed by atoms with Crippen molar-refractivity contribution in [2.24, 2.45) is 5.73 Å². The van der Waals surface area contributed by atoms with Crippen molar-refractivity contribution in [2.45, 2.75) is 31.8 Å². The third-order valence-corrected chi connectivity index (χ3v) is 4.49. The fourth-order valence-electron chi connectivity index (χ4n) is 2.43. The van der Waals surface area contributed by atoms with Crippen LogP contribution in [0.1, 0.15) is 19.8 Å². The predicted molar refractivity (Wildman–Crippen MR) is 86.0 cm³/mol. The quantitative estimate of drug-likeness (QED) is 0.798. The Balaban J connectivity index is 1.90. The normalized spacial score (nSPS) is 24.2. The first kappa shape index (κ1) is 14.7. The molecule has 1 saturated heterocycles. The van der Waals surface area contributed by atoms with Gasteiger partial charge in [0.25, 0.3) is 0 Å². The van der Waals surface area contributed by atoms with Crippen molar-refractivity contribution in [1.29, 1.82) is 0 Å². The molecule has 0 aromatic heterocycles. The Morgan fingerprint density at radius 3 is 2.95 bits per heavy atom. The van der Waals surface area contributed by atoms with E-state index in [0.717, 1.165) is 28.6 Å². The van der Waals surface area contributed by atoms with Gasteiger partial charge in [-0.1, -0.05) is 12.1 Å². The monoisotopic (exact) mass is 373 g/mol. The number of para-hydroxylation sites is 1. The van der Waals surface area contributed by atoms with Gasteiger partial charge < -0.3 is 11.1 Å². The first-order valence-electron chi connectivity index (χ1n) is 6.60. The molecule has 1 aliphatic rings. The highest BCUT2D eigenvalue weighted by Crippen LogP contribution is 2.18. The largest absolute Gasteiger partial charge is 0.328 e. The van der Waals surface area contributed by atoms with E-state index in [0.29, 0.717) is 12.6 Å². The van der Waals surface area contributed by atoms with E-state index in [2.05, 4.69) is 39.7 Å². The summed E-state index contributed by atoms with van der Waals surface area (Å²) >= 11 is 2.23. The summed E-state index contributed by atoms with van der Waals surface area (Å²) in [6, 6.07) is 8.47. The molecule has 5 heteroatoms. The van der Waals surface area contributed by atoms with Gasteiger partial charge in [-0.15, -0.1) is 0 Å². The minimum Gasteiger partial charge on any atom is -0.328 e. The molecule has 2 unspecified atom stereocenters. The molecule has 0 spiro atoms. The molecule has 19 heavy (non-hydrogen) atoms. The minimum absolute atomic E-state index is 0.0476. The summed E-state index contributed by atoms with van der Waals surface area (Å²) < 4.78 is 1.06. The van der Waals surface area contributed by atoms with E-state index in [4.69, 9.17) is 5.73 Å². The van der Waals surface area contributed by atoms with E-state index in [9.17, 15) is 4.79 Å². The molecule has 1 aromatic rings. The molecule has 2 rings (SSSR count). The van der Waals surface area contributed by atoms with Crippen molar-refractivity contribution < 1.29 is 4.79 Å². The number of amides is 1. The molecule has 3 N–H and O–H groups in total. The lowest BCUT2D eigenvalue weighted by Crippen LogP contribution is -2.48. The van der Waals surface area contributed by atoms with Crippen LogP contribution in [0.15, 0.2) is 24.3 Å². The van der Waals surface area contributed by atoms with E-state index >= 15 is 0 Å². The molecule has 104 valence electrons. The highest BCUT2D eigenvalue weighted by atomic mass is 127. The van der Waals surface area contributed by atoms with E-state index < -0.39 is 0 Å². The predicted octanol–water partition coefficient (Wildman–Crippen LogP) is 2.04. The highest BCUT2D eigenvalue weighted by Gasteiger charge is 2.24. The molecular weight excluding hydrogens is 353 g/mol. The van der Waals surface area contributed by atoms with Gasteiger partial charge in [0.05, 0.1) is 12.2 Å². The average molecular weight is 373 g/mol. The number of hydrogen-bond acceptors (Lipinski definition) is 3. The van der Waals surface area contributed by atoms with Crippen LogP contribution < -0.4 is 11.1 Å². The van der Waals surface area contributed by atoms with Crippen LogP contribution in [0.2, 0.25) is 0 Å². The number of nitrogens with two attached hydrogens (primary N) is 1. The lowest BCUT2D eigenvalue weighted by atomic mass is 9.99. The number of halogens is 1. The molecule has 2 atom stereocenters. The summed E-state index contributed by atoms with van der Waals surface area (Å²) in [5.74, 6) is 0.0476. The molecule has 1 amide bonds. The first-order valence-corrected chi connectivity index (χ1v) is 7.68. The van der Waals surface area contributed by atoms with E-state index in [1.165, 1.54) is 0 Å². The van der Waals surface area contributed by atoms with E-state index in [-0.39, 0.29) is 11.9 Å². The number of anilines is 1. The molecule has 1 aliphatic heterocycles. The second kappa shape index (κ2) is 6.67. The van der Waals surface area contributed by atoms with Crippen LogP contribution in [-0.4, -0.2) is 36.0 Å². The number of rotatable bonds is 3. The molecule has 1 aromatic carbocycles. The molecule has 1 fully saturated rings. The van der Waals surface area contributed by atoms with Gasteiger partial charge in [0.15, 0.2) is 0 Å². The van der Waals surface area contributed by atoms with Gasteiger partial charge in [-0.05, 0) is 54.5 Å². The van der Waals surface area contributed by atoms with Gasteiger partial charge in [0.1, 0.15) is 0 Å². The van der Waals surface area contributed by atoms with Crippen LogP contribution in [0.4, 0.5) is 5.69 Å². The lowest BCUT2D eigenvalue weighted by molar-refractivity contribution is -0.118. The van der Waals surface area contributed by atoms with Crippen molar-refractivity contribution in [2.75, 3.05) is 18.4 Å². The summed E-state index contributed by atoms with van der Waals surface area (Å²) in [7, 11) is 0. The Kier molecular flexibility index (Phi) is 5.18. The van der Waals surface area contributed by atoms with Crippen LogP contribution in [0.3, 0.4) is 0 Å². The number of carbonyl (C=O) groups excluding carboxylic acids is 1. The number of hydrogen-bond donors (Lipinski definition) is 2. The summed E-state index contributed by atoms with van der Waals surface area (Å²) in [5, 5.41) is 2.97. The Morgan fingerprint density at radius 2 is 2.26 bits per heavy atom. The molecule has 0 radical (unpaired) electrons. The summed E-state index contributed by atoms with van der Waals surface area (Å²) in [6.45, 7) is 3.49. The van der Waals surface area contributed by atoms with Crippen LogP contribution in [-0.2, 0) is 4.79 Å². The lowest BCUT2D eigenvalue weighted by Gasteiger charge is -2.35. The zero-order valence-electron chi connectivity index (χ0n) is 11.1. The van der Waals surface area contributed by atoms with Crippen LogP contribution >= 0.6 is 22.6 Å². The van der Waals surface area contributed by atoms with Gasteiger partial charge >= 0.3 is 0 Å². The second-order valence-electron chi connectivity index (χ2n) is 5.13. The van der Waals surface area contributed by atoms with Gasteiger partial charge in [0, 0.05) is 22.2 Å². The molecule has 0 bridgehead atoms.